The van der Waals surface area contributed by atoms with Crippen LogP contribution in [0.5, 0.6) is 5.75 Å². The van der Waals surface area contributed by atoms with E-state index in [-0.39, 0.29) is 0 Å². The van der Waals surface area contributed by atoms with Crippen molar-refractivity contribution in [3.8, 4) is 11.8 Å². The molecule has 1 aromatic rings. The number of pyridine rings is 1. The highest BCUT2D eigenvalue weighted by molar-refractivity contribution is 5.50. The molecule has 0 amide bonds. The molecular formula is C8H5F2N3O3. The van der Waals surface area contributed by atoms with Gasteiger partial charge in [0.1, 0.15) is 6.07 Å². The summed E-state index contributed by atoms with van der Waals surface area (Å²) in [6.45, 7) is 0. The Morgan fingerprint density at radius 3 is 2.69 bits per heavy atom. The SMILES string of the molecule is COc1c(C(F)F)cc(C#N)nc1[N+](=O)[O-]. The van der Waals surface area contributed by atoms with Crippen LogP contribution in [-0.2, 0) is 0 Å². The lowest BCUT2D eigenvalue weighted by Gasteiger charge is -2.06. The van der Waals surface area contributed by atoms with Gasteiger partial charge in [-0.3, -0.25) is 0 Å². The Bertz CT molecular complexity index is 470. The minimum atomic E-state index is -2.98. The van der Waals surface area contributed by atoms with Crippen LogP contribution in [0.4, 0.5) is 14.6 Å². The number of rotatable bonds is 3. The molecule has 0 aliphatic rings. The van der Waals surface area contributed by atoms with E-state index in [0.717, 1.165) is 13.2 Å². The summed E-state index contributed by atoms with van der Waals surface area (Å²) in [5.74, 6) is -1.52. The first-order chi connectivity index (χ1) is 7.51. The summed E-state index contributed by atoms with van der Waals surface area (Å²) in [4.78, 5) is 12.8. The normalized spacial score (nSPS) is 9.94. The Morgan fingerprint density at radius 1 is 1.69 bits per heavy atom. The maximum atomic E-state index is 12.5. The first kappa shape index (κ1) is 11.8. The zero-order valence-corrected chi connectivity index (χ0v) is 7.98. The maximum Gasteiger partial charge on any atom is 0.408 e. The minimum Gasteiger partial charge on any atom is -0.489 e. The van der Waals surface area contributed by atoms with Gasteiger partial charge in [-0.1, -0.05) is 0 Å². The van der Waals surface area contributed by atoms with Crippen molar-refractivity contribution in [1.82, 2.24) is 4.98 Å². The molecule has 1 heterocycles. The zero-order chi connectivity index (χ0) is 12.3. The highest BCUT2D eigenvalue weighted by Crippen LogP contribution is 2.35. The molecule has 84 valence electrons. The van der Waals surface area contributed by atoms with Gasteiger partial charge < -0.3 is 14.9 Å². The second-order valence-electron chi connectivity index (χ2n) is 2.62. The fraction of sp³-hybridized carbons (Fsp3) is 0.250. The zero-order valence-electron chi connectivity index (χ0n) is 7.98. The van der Waals surface area contributed by atoms with Crippen molar-refractivity contribution < 1.29 is 18.4 Å². The predicted octanol–water partition coefficient (Wildman–Crippen LogP) is 1.81. The molecule has 6 nitrogen and oxygen atoms in total. The number of nitriles is 1. The third kappa shape index (κ3) is 2.03. The van der Waals surface area contributed by atoms with E-state index in [9.17, 15) is 18.9 Å². The Labute approximate surface area is 88.2 Å². The number of hydrogen-bond donors (Lipinski definition) is 0. The molecule has 0 aliphatic heterocycles. The molecule has 0 saturated carbocycles. The van der Waals surface area contributed by atoms with Crippen LogP contribution in [0.1, 0.15) is 17.7 Å². The van der Waals surface area contributed by atoms with Crippen LogP contribution in [0, 0.1) is 21.4 Å². The number of hydrogen-bond acceptors (Lipinski definition) is 5. The fourth-order valence-electron chi connectivity index (χ4n) is 1.09. The number of aromatic nitrogens is 1. The van der Waals surface area contributed by atoms with Gasteiger partial charge >= 0.3 is 5.82 Å². The van der Waals surface area contributed by atoms with Crippen LogP contribution >= 0.6 is 0 Å². The molecular weight excluding hydrogens is 224 g/mol. The van der Waals surface area contributed by atoms with Gasteiger partial charge in [0.05, 0.1) is 12.7 Å². The molecule has 0 fully saturated rings. The maximum absolute atomic E-state index is 12.5. The molecule has 0 atom stereocenters. The predicted molar refractivity (Wildman–Crippen MR) is 47.1 cm³/mol. The molecule has 16 heavy (non-hydrogen) atoms. The average molecular weight is 229 g/mol. The van der Waals surface area contributed by atoms with E-state index in [4.69, 9.17) is 5.26 Å². The molecule has 0 saturated heterocycles. The molecule has 0 aliphatic carbocycles. The fourth-order valence-corrected chi connectivity index (χ4v) is 1.09. The van der Waals surface area contributed by atoms with Crippen molar-refractivity contribution in [2.75, 3.05) is 7.11 Å². The van der Waals surface area contributed by atoms with E-state index in [1.165, 1.54) is 6.07 Å². The van der Waals surface area contributed by atoms with Gasteiger partial charge in [0, 0.05) is 6.07 Å². The number of methoxy groups -OCH3 is 1. The van der Waals surface area contributed by atoms with Gasteiger partial charge in [-0.05, 0) is 9.91 Å². The number of ether oxygens (including phenoxy) is 1. The topological polar surface area (TPSA) is 89.0 Å². The van der Waals surface area contributed by atoms with Crippen LogP contribution in [0.15, 0.2) is 6.07 Å². The first-order valence-corrected chi connectivity index (χ1v) is 3.92. The van der Waals surface area contributed by atoms with Crippen LogP contribution < -0.4 is 4.74 Å². The van der Waals surface area contributed by atoms with Crippen LogP contribution in [0.2, 0.25) is 0 Å². The summed E-state index contributed by atoms with van der Waals surface area (Å²) in [7, 11) is 1.02. The van der Waals surface area contributed by atoms with E-state index in [1.54, 1.807) is 0 Å². The highest BCUT2D eigenvalue weighted by Gasteiger charge is 2.27. The number of alkyl halides is 2. The molecule has 0 N–H and O–H groups in total. The van der Waals surface area contributed by atoms with Crippen molar-refractivity contribution in [2.45, 2.75) is 6.43 Å². The quantitative estimate of drug-likeness (QED) is 0.582. The molecule has 8 heteroatoms. The highest BCUT2D eigenvalue weighted by atomic mass is 19.3. The molecule has 0 spiro atoms. The Kier molecular flexibility index (Phi) is 3.30. The smallest absolute Gasteiger partial charge is 0.408 e. The first-order valence-electron chi connectivity index (χ1n) is 3.92. The Hall–Kier alpha value is -2.30. The van der Waals surface area contributed by atoms with Gasteiger partial charge in [0.2, 0.25) is 5.75 Å². The van der Waals surface area contributed by atoms with Crippen LogP contribution in [0.3, 0.4) is 0 Å². The van der Waals surface area contributed by atoms with Gasteiger partial charge in [0.25, 0.3) is 12.1 Å². The Balaban J connectivity index is 3.54. The summed E-state index contributed by atoms with van der Waals surface area (Å²) in [6, 6.07) is 2.22. The van der Waals surface area contributed by atoms with Crippen molar-refractivity contribution in [2.24, 2.45) is 0 Å². The van der Waals surface area contributed by atoms with E-state index in [0.29, 0.717) is 0 Å². The summed E-state index contributed by atoms with van der Waals surface area (Å²) in [5, 5.41) is 19.0. The van der Waals surface area contributed by atoms with Crippen molar-refractivity contribution >= 4 is 5.82 Å². The lowest BCUT2D eigenvalue weighted by Crippen LogP contribution is -2.03. The van der Waals surface area contributed by atoms with Crippen LogP contribution in [0.25, 0.3) is 0 Å². The largest absolute Gasteiger partial charge is 0.489 e. The van der Waals surface area contributed by atoms with Crippen molar-refractivity contribution in [3.05, 3.63) is 27.4 Å². The monoisotopic (exact) mass is 229 g/mol. The van der Waals surface area contributed by atoms with Crippen molar-refractivity contribution in [3.63, 3.8) is 0 Å². The number of halogens is 2. The van der Waals surface area contributed by atoms with E-state index in [1.807, 2.05) is 0 Å². The van der Waals surface area contributed by atoms with E-state index in [2.05, 4.69) is 9.72 Å². The molecule has 0 aromatic carbocycles. The summed E-state index contributed by atoms with van der Waals surface area (Å²) < 4.78 is 29.6. The molecule has 0 bridgehead atoms. The summed E-state index contributed by atoms with van der Waals surface area (Å²) in [5.41, 5.74) is -1.18. The average Bonchev–Trinajstić information content (AvgIpc) is 2.26. The van der Waals surface area contributed by atoms with Crippen molar-refractivity contribution in [1.29, 1.82) is 5.26 Å². The third-order valence-electron chi connectivity index (χ3n) is 1.71. The minimum absolute atomic E-state index is 0.456. The summed E-state index contributed by atoms with van der Waals surface area (Å²) >= 11 is 0. The number of nitrogens with zero attached hydrogens (tertiary/aromatic N) is 3. The van der Waals surface area contributed by atoms with Gasteiger partial charge in [0.15, 0.2) is 0 Å². The summed E-state index contributed by atoms with van der Waals surface area (Å²) in [6.07, 6.45) is -2.98. The second kappa shape index (κ2) is 4.48. The lowest BCUT2D eigenvalue weighted by atomic mass is 10.2. The third-order valence-corrected chi connectivity index (χ3v) is 1.71. The lowest BCUT2D eigenvalue weighted by molar-refractivity contribution is -0.390. The van der Waals surface area contributed by atoms with E-state index < -0.39 is 34.2 Å². The molecule has 0 unspecified atom stereocenters. The number of nitro groups is 1. The molecule has 0 radical (unpaired) electrons. The molecule has 1 rings (SSSR count). The Morgan fingerprint density at radius 2 is 2.31 bits per heavy atom. The second-order valence-corrected chi connectivity index (χ2v) is 2.62. The van der Waals surface area contributed by atoms with Crippen LogP contribution in [-0.4, -0.2) is 17.0 Å². The standard InChI is InChI=1S/C8H5F2N3O3/c1-16-6-5(7(9)10)2-4(3-11)12-8(6)13(14)15/h2,7H,1H3. The van der Waals surface area contributed by atoms with Gasteiger partial charge in [-0.2, -0.15) is 5.26 Å². The van der Waals surface area contributed by atoms with Gasteiger partial charge in [-0.15, -0.1) is 0 Å². The van der Waals surface area contributed by atoms with E-state index >= 15 is 0 Å². The van der Waals surface area contributed by atoms with Gasteiger partial charge in [-0.25, -0.2) is 8.78 Å². The molecule has 1 aromatic heterocycles.